The van der Waals surface area contributed by atoms with Crippen LogP contribution < -0.4 is 4.74 Å². The molecule has 0 radical (unpaired) electrons. The van der Waals surface area contributed by atoms with Crippen molar-refractivity contribution >= 4 is 18.2 Å². The standard InChI is InChI=1S/C10H10N2O4/c1-16-10-4-2-8(3-5-10)11-6-9(7-13)12(14)15/h2-7,9H,1H3/t9-/m1/s1. The second-order valence-electron chi connectivity index (χ2n) is 2.89. The molecule has 0 fully saturated rings. The number of hydrogen-bond donors (Lipinski definition) is 0. The summed E-state index contributed by atoms with van der Waals surface area (Å²) in [5, 5.41) is 10.3. The van der Waals surface area contributed by atoms with Crippen molar-refractivity contribution in [3.05, 3.63) is 34.4 Å². The summed E-state index contributed by atoms with van der Waals surface area (Å²) >= 11 is 0. The number of aliphatic imine (C=N–C) groups is 1. The average Bonchev–Trinajstić information content (AvgIpc) is 2.30. The number of aldehydes is 1. The lowest BCUT2D eigenvalue weighted by Gasteiger charge is -1.99. The zero-order valence-corrected chi connectivity index (χ0v) is 8.57. The first kappa shape index (κ1) is 11.8. The molecule has 0 aliphatic rings. The molecular formula is C10H10N2O4. The molecule has 6 nitrogen and oxygen atoms in total. The summed E-state index contributed by atoms with van der Waals surface area (Å²) in [6, 6.07) is 5.22. The number of nitrogens with zero attached hydrogens (tertiary/aromatic N) is 2. The summed E-state index contributed by atoms with van der Waals surface area (Å²) < 4.78 is 4.94. The van der Waals surface area contributed by atoms with Crippen molar-refractivity contribution in [2.24, 2.45) is 4.99 Å². The third-order valence-electron chi connectivity index (χ3n) is 1.83. The Balaban J connectivity index is 2.75. The molecule has 0 saturated heterocycles. The van der Waals surface area contributed by atoms with Gasteiger partial charge in [-0.1, -0.05) is 0 Å². The van der Waals surface area contributed by atoms with E-state index in [0.717, 1.165) is 6.21 Å². The van der Waals surface area contributed by atoms with Gasteiger partial charge >= 0.3 is 6.04 Å². The number of ether oxygens (including phenoxy) is 1. The first-order chi connectivity index (χ1) is 7.67. The van der Waals surface area contributed by atoms with Gasteiger partial charge in [-0.3, -0.25) is 19.9 Å². The average molecular weight is 222 g/mol. The summed E-state index contributed by atoms with van der Waals surface area (Å²) in [5.41, 5.74) is 0.523. The third kappa shape index (κ3) is 3.16. The highest BCUT2D eigenvalue weighted by molar-refractivity contribution is 5.84. The highest BCUT2D eigenvalue weighted by Crippen LogP contribution is 2.17. The molecule has 1 aromatic carbocycles. The van der Waals surface area contributed by atoms with Crippen LogP contribution in [0.4, 0.5) is 5.69 Å². The molecule has 1 aromatic rings. The van der Waals surface area contributed by atoms with E-state index in [-0.39, 0.29) is 6.29 Å². The smallest absolute Gasteiger partial charge is 0.302 e. The van der Waals surface area contributed by atoms with Crippen LogP contribution in [0, 0.1) is 10.1 Å². The molecule has 0 bridgehead atoms. The van der Waals surface area contributed by atoms with E-state index in [0.29, 0.717) is 11.4 Å². The zero-order chi connectivity index (χ0) is 12.0. The molecule has 0 saturated carbocycles. The summed E-state index contributed by atoms with van der Waals surface area (Å²) in [5.74, 6) is 0.667. The second kappa shape index (κ2) is 5.59. The normalized spacial score (nSPS) is 12.3. The van der Waals surface area contributed by atoms with Gasteiger partial charge in [0.15, 0.2) is 6.29 Å². The molecule has 0 aromatic heterocycles. The van der Waals surface area contributed by atoms with E-state index >= 15 is 0 Å². The van der Waals surface area contributed by atoms with Gasteiger partial charge < -0.3 is 4.74 Å². The van der Waals surface area contributed by atoms with Crippen LogP contribution in [0.5, 0.6) is 5.75 Å². The lowest BCUT2D eigenvalue weighted by atomic mass is 10.3. The molecule has 16 heavy (non-hydrogen) atoms. The van der Waals surface area contributed by atoms with E-state index < -0.39 is 11.0 Å². The Morgan fingerprint density at radius 3 is 2.50 bits per heavy atom. The molecule has 0 aliphatic carbocycles. The van der Waals surface area contributed by atoms with E-state index in [2.05, 4.69) is 4.99 Å². The van der Waals surface area contributed by atoms with Crippen LogP contribution in [0.25, 0.3) is 0 Å². The number of methoxy groups -OCH3 is 1. The number of nitro groups is 1. The zero-order valence-electron chi connectivity index (χ0n) is 8.57. The maximum Gasteiger partial charge on any atom is 0.302 e. The monoisotopic (exact) mass is 222 g/mol. The largest absolute Gasteiger partial charge is 0.497 e. The first-order valence-corrected chi connectivity index (χ1v) is 4.44. The maximum absolute atomic E-state index is 10.3. The fourth-order valence-corrected chi connectivity index (χ4v) is 0.970. The van der Waals surface area contributed by atoms with Crippen LogP contribution in [-0.2, 0) is 4.79 Å². The van der Waals surface area contributed by atoms with Crippen LogP contribution in [-0.4, -0.2) is 30.6 Å². The minimum Gasteiger partial charge on any atom is -0.497 e. The van der Waals surface area contributed by atoms with Crippen molar-refractivity contribution in [1.82, 2.24) is 0 Å². The molecule has 0 heterocycles. The minimum atomic E-state index is -1.40. The van der Waals surface area contributed by atoms with Gasteiger partial charge in [-0.25, -0.2) is 0 Å². The molecule has 1 rings (SSSR count). The van der Waals surface area contributed by atoms with E-state index in [9.17, 15) is 14.9 Å². The molecular weight excluding hydrogens is 212 g/mol. The van der Waals surface area contributed by atoms with E-state index in [1.807, 2.05) is 0 Å². The second-order valence-corrected chi connectivity index (χ2v) is 2.89. The summed E-state index contributed by atoms with van der Waals surface area (Å²) in [7, 11) is 1.54. The Morgan fingerprint density at radius 2 is 2.06 bits per heavy atom. The SMILES string of the molecule is COc1ccc(N=C[C@H](C=O)[N+](=O)[O-])cc1. The van der Waals surface area contributed by atoms with Crippen molar-refractivity contribution in [2.75, 3.05) is 7.11 Å². The van der Waals surface area contributed by atoms with Crippen LogP contribution in [0.15, 0.2) is 29.3 Å². The van der Waals surface area contributed by atoms with Crippen molar-refractivity contribution in [3.63, 3.8) is 0 Å². The fraction of sp³-hybridized carbons (Fsp3) is 0.200. The van der Waals surface area contributed by atoms with Gasteiger partial charge in [-0.15, -0.1) is 0 Å². The van der Waals surface area contributed by atoms with Gasteiger partial charge in [0, 0.05) is 4.92 Å². The predicted molar refractivity (Wildman–Crippen MR) is 58.0 cm³/mol. The van der Waals surface area contributed by atoms with Crippen LogP contribution in [0.1, 0.15) is 0 Å². The Morgan fingerprint density at radius 1 is 1.44 bits per heavy atom. The third-order valence-corrected chi connectivity index (χ3v) is 1.83. The van der Waals surface area contributed by atoms with Crippen LogP contribution in [0.3, 0.4) is 0 Å². The van der Waals surface area contributed by atoms with Gasteiger partial charge in [0.2, 0.25) is 0 Å². The Bertz CT molecular complexity index is 400. The van der Waals surface area contributed by atoms with E-state index in [4.69, 9.17) is 4.74 Å². The van der Waals surface area contributed by atoms with Gasteiger partial charge in [0.1, 0.15) is 5.75 Å². The predicted octanol–water partition coefficient (Wildman–Crippen LogP) is 1.24. The number of carbonyl (C=O) groups is 1. The molecule has 0 unspecified atom stereocenters. The number of benzene rings is 1. The highest BCUT2D eigenvalue weighted by Gasteiger charge is 2.14. The van der Waals surface area contributed by atoms with Gasteiger partial charge in [-0.2, -0.15) is 0 Å². The molecule has 6 heteroatoms. The maximum atomic E-state index is 10.3. The van der Waals surface area contributed by atoms with E-state index in [1.165, 1.54) is 7.11 Å². The van der Waals surface area contributed by atoms with Crippen LogP contribution >= 0.6 is 0 Å². The topological polar surface area (TPSA) is 81.8 Å². The van der Waals surface area contributed by atoms with Gasteiger partial charge in [-0.05, 0) is 24.3 Å². The van der Waals surface area contributed by atoms with Crippen LogP contribution in [0.2, 0.25) is 0 Å². The lowest BCUT2D eigenvalue weighted by molar-refractivity contribution is -0.485. The summed E-state index contributed by atoms with van der Waals surface area (Å²) in [4.78, 5) is 23.7. The Kier molecular flexibility index (Phi) is 4.14. The minimum absolute atomic E-state index is 0.229. The summed E-state index contributed by atoms with van der Waals surface area (Å²) in [6.07, 6.45) is 1.22. The highest BCUT2D eigenvalue weighted by atomic mass is 16.6. The molecule has 84 valence electrons. The van der Waals surface area contributed by atoms with Gasteiger partial charge in [0.05, 0.1) is 19.0 Å². The van der Waals surface area contributed by atoms with Crippen molar-refractivity contribution in [3.8, 4) is 5.75 Å². The molecule has 0 N–H and O–H groups in total. The number of hydrogen-bond acceptors (Lipinski definition) is 5. The van der Waals surface area contributed by atoms with Crippen molar-refractivity contribution < 1.29 is 14.5 Å². The van der Waals surface area contributed by atoms with E-state index in [1.54, 1.807) is 24.3 Å². The Hall–Kier alpha value is -2.24. The van der Waals surface area contributed by atoms with Crippen molar-refractivity contribution in [2.45, 2.75) is 6.04 Å². The number of carbonyl (C=O) groups excluding carboxylic acids is 1. The fourth-order valence-electron chi connectivity index (χ4n) is 0.970. The number of rotatable bonds is 5. The molecule has 1 atom stereocenters. The Labute approximate surface area is 91.7 Å². The van der Waals surface area contributed by atoms with Crippen molar-refractivity contribution in [1.29, 1.82) is 0 Å². The quantitative estimate of drug-likeness (QED) is 0.325. The van der Waals surface area contributed by atoms with Gasteiger partial charge in [0.25, 0.3) is 0 Å². The molecule has 0 amide bonds. The molecule has 0 aliphatic heterocycles. The molecule has 0 spiro atoms. The summed E-state index contributed by atoms with van der Waals surface area (Å²) in [6.45, 7) is 0. The first-order valence-electron chi connectivity index (χ1n) is 4.44. The lowest BCUT2D eigenvalue weighted by Crippen LogP contribution is -2.22.